The summed E-state index contributed by atoms with van der Waals surface area (Å²) < 4.78 is 0. The van der Waals surface area contributed by atoms with Gasteiger partial charge in [-0.05, 0) is 30.2 Å². The quantitative estimate of drug-likeness (QED) is 0.805. The minimum Gasteiger partial charge on any atom is -0.338 e. The highest BCUT2D eigenvalue weighted by Gasteiger charge is 2.13. The zero-order valence-corrected chi connectivity index (χ0v) is 11.6. The molecule has 4 heteroatoms. The van der Waals surface area contributed by atoms with Crippen molar-refractivity contribution in [1.82, 2.24) is 10.6 Å². The van der Waals surface area contributed by atoms with Gasteiger partial charge in [0.05, 0.1) is 0 Å². The Bertz CT molecular complexity index is 322. The van der Waals surface area contributed by atoms with Gasteiger partial charge in [0.1, 0.15) is 0 Å². The second-order valence-electron chi connectivity index (χ2n) is 4.49. The van der Waals surface area contributed by atoms with Gasteiger partial charge in [-0.15, -0.1) is 11.3 Å². The molecule has 0 bridgehead atoms. The normalized spacial score (nSPS) is 12.5. The van der Waals surface area contributed by atoms with Gasteiger partial charge in [-0.2, -0.15) is 0 Å². The van der Waals surface area contributed by atoms with Gasteiger partial charge in [0.2, 0.25) is 0 Å². The van der Waals surface area contributed by atoms with E-state index in [1.165, 1.54) is 4.88 Å². The van der Waals surface area contributed by atoms with Crippen molar-refractivity contribution < 1.29 is 4.79 Å². The van der Waals surface area contributed by atoms with E-state index >= 15 is 0 Å². The Morgan fingerprint density at radius 1 is 1.47 bits per heavy atom. The van der Waals surface area contributed by atoms with Crippen LogP contribution in [0.25, 0.3) is 0 Å². The van der Waals surface area contributed by atoms with Crippen LogP contribution in [0.15, 0.2) is 17.5 Å². The van der Waals surface area contributed by atoms with Crippen molar-refractivity contribution in [2.24, 2.45) is 5.92 Å². The highest BCUT2D eigenvalue weighted by molar-refractivity contribution is 7.09. The monoisotopic (exact) mass is 254 g/mol. The van der Waals surface area contributed by atoms with Crippen LogP contribution in [0, 0.1) is 5.92 Å². The average molecular weight is 254 g/mol. The van der Waals surface area contributed by atoms with Gasteiger partial charge in [-0.1, -0.05) is 26.8 Å². The Kier molecular flexibility index (Phi) is 6.05. The zero-order chi connectivity index (χ0) is 12.7. The summed E-state index contributed by atoms with van der Waals surface area (Å²) in [7, 11) is 0. The topological polar surface area (TPSA) is 41.1 Å². The first-order valence-electron chi connectivity index (χ1n) is 6.20. The van der Waals surface area contributed by atoms with Crippen molar-refractivity contribution in [3.8, 4) is 0 Å². The van der Waals surface area contributed by atoms with Crippen molar-refractivity contribution >= 4 is 17.4 Å². The summed E-state index contributed by atoms with van der Waals surface area (Å²) in [4.78, 5) is 12.9. The maximum Gasteiger partial charge on any atom is 0.315 e. The smallest absolute Gasteiger partial charge is 0.315 e. The van der Waals surface area contributed by atoms with Crippen LogP contribution in [0.3, 0.4) is 0 Å². The molecule has 0 fully saturated rings. The Hall–Kier alpha value is -1.03. The second kappa shape index (κ2) is 7.33. The summed E-state index contributed by atoms with van der Waals surface area (Å²) >= 11 is 1.73. The molecule has 2 amide bonds. The summed E-state index contributed by atoms with van der Waals surface area (Å²) in [5.74, 6) is 0.475. The van der Waals surface area contributed by atoms with E-state index in [9.17, 15) is 4.79 Å². The molecule has 17 heavy (non-hydrogen) atoms. The van der Waals surface area contributed by atoms with Gasteiger partial charge in [-0.3, -0.25) is 0 Å². The third kappa shape index (κ3) is 5.22. The first-order valence-corrected chi connectivity index (χ1v) is 7.08. The summed E-state index contributed by atoms with van der Waals surface area (Å²) in [6.07, 6.45) is 1.87. The molecule has 1 unspecified atom stereocenters. The molecule has 1 aromatic rings. The van der Waals surface area contributed by atoms with Crippen molar-refractivity contribution in [1.29, 1.82) is 0 Å². The van der Waals surface area contributed by atoms with Crippen LogP contribution in [0.5, 0.6) is 0 Å². The number of carbonyl (C=O) groups is 1. The molecule has 1 aromatic heterocycles. The number of carbonyl (C=O) groups excluding carboxylic acids is 1. The van der Waals surface area contributed by atoms with Gasteiger partial charge in [-0.25, -0.2) is 4.79 Å². The van der Waals surface area contributed by atoms with Gasteiger partial charge in [0, 0.05) is 17.5 Å². The molecule has 3 nitrogen and oxygen atoms in total. The number of hydrogen-bond acceptors (Lipinski definition) is 2. The first kappa shape index (κ1) is 14.0. The molecule has 1 heterocycles. The standard InChI is InChI=1S/C13H22N2OS/c1-4-12(10(2)3)15-13(16)14-8-7-11-6-5-9-17-11/h5-6,9-10,12H,4,7-8H2,1-3H3,(H2,14,15,16). The molecule has 1 rings (SSSR count). The molecule has 1 atom stereocenters. The van der Waals surface area contributed by atoms with Crippen molar-refractivity contribution in [2.45, 2.75) is 39.7 Å². The maximum atomic E-state index is 11.6. The number of rotatable bonds is 6. The summed E-state index contributed by atoms with van der Waals surface area (Å²) in [6.45, 7) is 7.04. The predicted molar refractivity (Wildman–Crippen MR) is 73.5 cm³/mol. The van der Waals surface area contributed by atoms with Crippen LogP contribution in [-0.4, -0.2) is 18.6 Å². The molecule has 0 aliphatic rings. The largest absolute Gasteiger partial charge is 0.338 e. The lowest BCUT2D eigenvalue weighted by molar-refractivity contribution is 0.232. The fourth-order valence-corrected chi connectivity index (χ4v) is 2.42. The zero-order valence-electron chi connectivity index (χ0n) is 10.8. The fourth-order valence-electron chi connectivity index (χ4n) is 1.71. The second-order valence-corrected chi connectivity index (χ2v) is 5.52. The number of urea groups is 1. The van der Waals surface area contributed by atoms with Crippen LogP contribution in [0.4, 0.5) is 4.79 Å². The van der Waals surface area contributed by atoms with Gasteiger partial charge in [0.25, 0.3) is 0 Å². The maximum absolute atomic E-state index is 11.6. The van der Waals surface area contributed by atoms with Crippen LogP contribution < -0.4 is 10.6 Å². The minimum atomic E-state index is -0.0536. The van der Waals surface area contributed by atoms with Crippen LogP contribution in [0.2, 0.25) is 0 Å². The Morgan fingerprint density at radius 2 is 2.24 bits per heavy atom. The van der Waals surface area contributed by atoms with E-state index in [0.717, 1.165) is 12.8 Å². The minimum absolute atomic E-state index is 0.0536. The van der Waals surface area contributed by atoms with Gasteiger partial charge >= 0.3 is 6.03 Å². The fraction of sp³-hybridized carbons (Fsp3) is 0.615. The molecular formula is C13H22N2OS. The van der Waals surface area contributed by atoms with E-state index in [2.05, 4.69) is 42.9 Å². The van der Waals surface area contributed by atoms with Crippen LogP contribution in [0.1, 0.15) is 32.1 Å². The molecular weight excluding hydrogens is 232 g/mol. The highest BCUT2D eigenvalue weighted by Crippen LogP contribution is 2.08. The molecule has 0 aliphatic carbocycles. The number of hydrogen-bond donors (Lipinski definition) is 2. The third-order valence-electron chi connectivity index (χ3n) is 2.80. The summed E-state index contributed by atoms with van der Waals surface area (Å²) in [5, 5.41) is 7.95. The lowest BCUT2D eigenvalue weighted by atomic mass is 10.0. The van der Waals surface area contributed by atoms with Gasteiger partial charge in [0.15, 0.2) is 0 Å². The van der Waals surface area contributed by atoms with E-state index in [-0.39, 0.29) is 12.1 Å². The number of thiophene rings is 1. The summed E-state index contributed by atoms with van der Waals surface area (Å²) in [6, 6.07) is 4.33. The molecule has 0 aliphatic heterocycles. The molecule has 0 saturated carbocycles. The predicted octanol–water partition coefficient (Wildman–Crippen LogP) is 3.02. The van der Waals surface area contributed by atoms with Crippen LogP contribution in [-0.2, 0) is 6.42 Å². The van der Waals surface area contributed by atoms with E-state index in [0.29, 0.717) is 12.5 Å². The Balaban J connectivity index is 2.20. The SMILES string of the molecule is CCC(NC(=O)NCCc1cccs1)C(C)C. The average Bonchev–Trinajstić information content (AvgIpc) is 2.78. The van der Waals surface area contributed by atoms with E-state index < -0.39 is 0 Å². The molecule has 0 radical (unpaired) electrons. The van der Waals surface area contributed by atoms with Crippen molar-refractivity contribution in [3.63, 3.8) is 0 Å². The number of amides is 2. The van der Waals surface area contributed by atoms with E-state index in [4.69, 9.17) is 0 Å². The Labute approximate surface area is 108 Å². The van der Waals surface area contributed by atoms with Crippen LogP contribution >= 0.6 is 11.3 Å². The third-order valence-corrected chi connectivity index (χ3v) is 3.73. The summed E-state index contributed by atoms with van der Waals surface area (Å²) in [5.41, 5.74) is 0. The molecule has 0 saturated heterocycles. The van der Waals surface area contributed by atoms with Crippen molar-refractivity contribution in [2.75, 3.05) is 6.54 Å². The Morgan fingerprint density at radius 3 is 2.76 bits per heavy atom. The lowest BCUT2D eigenvalue weighted by Crippen LogP contribution is -2.44. The van der Waals surface area contributed by atoms with Gasteiger partial charge < -0.3 is 10.6 Å². The molecule has 96 valence electrons. The lowest BCUT2D eigenvalue weighted by Gasteiger charge is -2.20. The number of nitrogens with one attached hydrogen (secondary N) is 2. The van der Waals surface area contributed by atoms with E-state index in [1.807, 2.05) is 6.07 Å². The van der Waals surface area contributed by atoms with E-state index in [1.54, 1.807) is 11.3 Å². The first-order chi connectivity index (χ1) is 8.13. The molecule has 0 aromatic carbocycles. The molecule has 0 spiro atoms. The van der Waals surface area contributed by atoms with Crippen molar-refractivity contribution in [3.05, 3.63) is 22.4 Å². The molecule has 2 N–H and O–H groups in total. The highest BCUT2D eigenvalue weighted by atomic mass is 32.1.